The van der Waals surface area contributed by atoms with E-state index in [0.29, 0.717) is 22.7 Å². The van der Waals surface area contributed by atoms with Crippen LogP contribution in [0.15, 0.2) is 29.3 Å². The number of pyridine rings is 1. The molecule has 0 spiro atoms. The molecule has 3 aromatic rings. The molecule has 36 heavy (non-hydrogen) atoms. The normalized spacial score (nSPS) is 17.6. The van der Waals surface area contributed by atoms with Gasteiger partial charge in [-0.3, -0.25) is 9.64 Å². The Hall–Kier alpha value is -3.78. The zero-order valence-corrected chi connectivity index (χ0v) is 20.9. The molecule has 2 saturated heterocycles. The average molecular weight is 489 g/mol. The van der Waals surface area contributed by atoms with E-state index in [4.69, 9.17) is 11.6 Å². The summed E-state index contributed by atoms with van der Waals surface area (Å²) in [7, 11) is 0. The zero-order valence-electron chi connectivity index (χ0n) is 20.9. The lowest BCUT2D eigenvalue weighted by atomic mass is 10.1. The van der Waals surface area contributed by atoms with Gasteiger partial charge in [-0.2, -0.15) is 10.1 Å². The number of hydrogen-bond donors (Lipinski definition) is 2. The van der Waals surface area contributed by atoms with E-state index in [1.165, 1.54) is 12.8 Å². The van der Waals surface area contributed by atoms with Gasteiger partial charge in [-0.25, -0.2) is 26.5 Å². The average Bonchev–Trinajstić information content (AvgIpc) is 3.19. The van der Waals surface area contributed by atoms with E-state index < -0.39 is 5.66 Å². The van der Waals surface area contributed by atoms with Crippen molar-refractivity contribution in [2.75, 3.05) is 54.4 Å². The van der Waals surface area contributed by atoms with E-state index in [-0.39, 0.29) is 5.56 Å². The quantitative estimate of drug-likeness (QED) is 0.524. The van der Waals surface area contributed by atoms with Crippen LogP contribution in [0.1, 0.15) is 39.5 Å². The molecule has 5 rings (SSSR count). The lowest BCUT2D eigenvalue weighted by Gasteiger charge is -2.38. The fraction of sp³-hybridized carbons (Fsp3) is 0.520. The van der Waals surface area contributed by atoms with E-state index in [0.717, 1.165) is 63.6 Å². The van der Waals surface area contributed by atoms with Crippen LogP contribution in [0, 0.1) is 6.57 Å². The summed E-state index contributed by atoms with van der Waals surface area (Å²) < 4.78 is 0. The predicted octanol–water partition coefficient (Wildman–Crippen LogP) is 3.01. The van der Waals surface area contributed by atoms with Gasteiger partial charge in [0.2, 0.25) is 5.95 Å². The van der Waals surface area contributed by atoms with E-state index in [1.807, 2.05) is 26.0 Å². The van der Waals surface area contributed by atoms with Crippen LogP contribution in [0.2, 0.25) is 0 Å². The van der Waals surface area contributed by atoms with Crippen molar-refractivity contribution in [1.29, 1.82) is 0 Å². The third-order valence-corrected chi connectivity index (χ3v) is 7.06. The molecule has 0 aliphatic carbocycles. The molecule has 0 unspecified atom stereocenters. The Labute approximate surface area is 210 Å². The SMILES string of the molecule is [C-]#[N+]C(C)(C)N1CCN(c2ccc(Nc3nc(N4CCCCCC4)nc4cn[nH]c(=O)c34)cn2)CC1. The molecule has 3 aromatic heterocycles. The Morgan fingerprint density at radius 1 is 0.972 bits per heavy atom. The van der Waals surface area contributed by atoms with Gasteiger partial charge in [-0.05, 0) is 25.0 Å². The first-order valence-corrected chi connectivity index (χ1v) is 12.6. The van der Waals surface area contributed by atoms with E-state index >= 15 is 0 Å². The molecule has 0 aromatic carbocycles. The maximum atomic E-state index is 12.6. The molecule has 2 N–H and O–H groups in total. The van der Waals surface area contributed by atoms with Gasteiger partial charge < -0.3 is 15.1 Å². The van der Waals surface area contributed by atoms with Crippen molar-refractivity contribution in [1.82, 2.24) is 30.0 Å². The number of nitrogens with zero attached hydrogens (tertiary/aromatic N) is 8. The largest absolute Gasteiger partial charge is 0.354 e. The molecule has 0 amide bonds. The molecule has 2 aliphatic rings. The van der Waals surface area contributed by atoms with Crippen LogP contribution in [-0.2, 0) is 0 Å². The molecule has 188 valence electrons. The molecule has 2 aliphatic heterocycles. The molecular weight excluding hydrogens is 456 g/mol. The molecule has 0 atom stereocenters. The van der Waals surface area contributed by atoms with Gasteiger partial charge in [-0.1, -0.05) is 12.8 Å². The lowest BCUT2D eigenvalue weighted by Crippen LogP contribution is -2.53. The summed E-state index contributed by atoms with van der Waals surface area (Å²) in [6.07, 6.45) is 7.96. The molecule has 0 bridgehead atoms. The van der Waals surface area contributed by atoms with Crippen molar-refractivity contribution in [3.05, 3.63) is 46.3 Å². The second kappa shape index (κ2) is 10.1. The number of aromatic nitrogens is 5. The van der Waals surface area contributed by atoms with E-state index in [9.17, 15) is 4.79 Å². The highest BCUT2D eigenvalue weighted by atomic mass is 16.1. The van der Waals surface area contributed by atoms with Crippen molar-refractivity contribution in [2.24, 2.45) is 0 Å². The van der Waals surface area contributed by atoms with Crippen molar-refractivity contribution < 1.29 is 0 Å². The number of rotatable bonds is 5. The summed E-state index contributed by atoms with van der Waals surface area (Å²) in [5.74, 6) is 1.96. The van der Waals surface area contributed by atoms with Gasteiger partial charge in [0.15, 0.2) is 0 Å². The molecule has 11 nitrogen and oxygen atoms in total. The minimum atomic E-state index is -0.479. The van der Waals surface area contributed by atoms with Crippen LogP contribution in [0.3, 0.4) is 0 Å². The van der Waals surface area contributed by atoms with Gasteiger partial charge in [0, 0.05) is 53.1 Å². The Morgan fingerprint density at radius 2 is 1.72 bits per heavy atom. The first-order chi connectivity index (χ1) is 17.4. The van der Waals surface area contributed by atoms with Gasteiger partial charge >= 0.3 is 0 Å². The number of anilines is 4. The predicted molar refractivity (Wildman–Crippen MR) is 141 cm³/mol. The maximum Gasteiger partial charge on any atom is 0.283 e. The number of aromatic amines is 1. The fourth-order valence-electron chi connectivity index (χ4n) is 4.83. The first kappa shape index (κ1) is 23.9. The van der Waals surface area contributed by atoms with Gasteiger partial charge in [0.1, 0.15) is 22.5 Å². The van der Waals surface area contributed by atoms with Crippen LogP contribution in [-0.4, -0.2) is 75.0 Å². The fourth-order valence-corrected chi connectivity index (χ4v) is 4.83. The highest BCUT2D eigenvalue weighted by Gasteiger charge is 2.34. The summed E-state index contributed by atoms with van der Waals surface area (Å²) in [5.41, 5.74) is 0.444. The topological polar surface area (TPSA) is 111 Å². The Kier molecular flexibility index (Phi) is 6.69. The van der Waals surface area contributed by atoms with Gasteiger partial charge in [0.25, 0.3) is 11.2 Å². The number of hydrogen-bond acceptors (Lipinski definition) is 9. The number of H-pyrrole nitrogens is 1. The summed E-state index contributed by atoms with van der Waals surface area (Å²) in [6, 6.07) is 3.93. The van der Waals surface area contributed by atoms with Gasteiger partial charge in [0.05, 0.1) is 18.1 Å². The van der Waals surface area contributed by atoms with Crippen LogP contribution < -0.4 is 20.7 Å². The van der Waals surface area contributed by atoms with Crippen molar-refractivity contribution >= 4 is 34.2 Å². The Morgan fingerprint density at radius 3 is 2.39 bits per heavy atom. The second-order valence-corrected chi connectivity index (χ2v) is 9.84. The Balaban J connectivity index is 1.36. The van der Waals surface area contributed by atoms with Crippen LogP contribution >= 0.6 is 0 Å². The third-order valence-electron chi connectivity index (χ3n) is 7.06. The Bertz CT molecular complexity index is 1300. The molecule has 0 radical (unpaired) electrons. The van der Waals surface area contributed by atoms with Crippen LogP contribution in [0.4, 0.5) is 23.3 Å². The zero-order chi connectivity index (χ0) is 25.1. The van der Waals surface area contributed by atoms with Crippen molar-refractivity contribution in [3.8, 4) is 0 Å². The van der Waals surface area contributed by atoms with Crippen LogP contribution in [0.5, 0.6) is 0 Å². The highest BCUT2D eigenvalue weighted by Crippen LogP contribution is 2.26. The highest BCUT2D eigenvalue weighted by molar-refractivity contribution is 5.90. The number of nitrogens with one attached hydrogen (secondary N) is 2. The summed E-state index contributed by atoms with van der Waals surface area (Å²) in [6.45, 7) is 16.4. The summed E-state index contributed by atoms with van der Waals surface area (Å²) in [4.78, 5) is 37.1. The summed E-state index contributed by atoms with van der Waals surface area (Å²) >= 11 is 0. The summed E-state index contributed by atoms with van der Waals surface area (Å²) in [5, 5.41) is 10.1. The van der Waals surface area contributed by atoms with Gasteiger partial charge in [-0.15, -0.1) is 0 Å². The number of piperazine rings is 1. The third kappa shape index (κ3) is 4.95. The monoisotopic (exact) mass is 488 g/mol. The maximum absolute atomic E-state index is 12.6. The van der Waals surface area contributed by atoms with Crippen molar-refractivity contribution in [2.45, 2.75) is 45.2 Å². The smallest absolute Gasteiger partial charge is 0.283 e. The first-order valence-electron chi connectivity index (χ1n) is 12.6. The molecule has 0 saturated carbocycles. The van der Waals surface area contributed by atoms with E-state index in [1.54, 1.807) is 12.4 Å². The molecule has 2 fully saturated rings. The second-order valence-electron chi connectivity index (χ2n) is 9.84. The minimum Gasteiger partial charge on any atom is -0.354 e. The molecule has 11 heteroatoms. The van der Waals surface area contributed by atoms with Crippen molar-refractivity contribution in [3.63, 3.8) is 0 Å². The van der Waals surface area contributed by atoms with E-state index in [2.05, 4.69) is 45.0 Å². The van der Waals surface area contributed by atoms with Crippen LogP contribution in [0.25, 0.3) is 15.7 Å². The standard InChI is InChI=1S/C25H32N10O/c1-25(2,26-3)35-14-12-33(13-15-35)20-9-8-18(16-27-20)29-22-21-19(17-28-32-23(21)36)30-24(31-22)34-10-6-4-5-7-11-34/h8-9,16-17H,4-7,10-15H2,1-2H3,(H,32,36)(H,29,30,31). The molecular formula is C25H32N10O. The number of fused-ring (bicyclic) bond motifs is 1. The lowest BCUT2D eigenvalue weighted by molar-refractivity contribution is 0.150. The molecule has 5 heterocycles. The minimum absolute atomic E-state index is 0.331.